The molecule has 0 fully saturated rings. The van der Waals surface area contributed by atoms with Gasteiger partial charge < -0.3 is 4.42 Å². The van der Waals surface area contributed by atoms with Gasteiger partial charge in [0.25, 0.3) is 0 Å². The van der Waals surface area contributed by atoms with E-state index in [-0.39, 0.29) is 5.41 Å². The number of aromatic nitrogens is 2. The number of anilines is 1. The fraction of sp³-hybridized carbons (Fsp3) is 0.296. The van der Waals surface area contributed by atoms with E-state index in [0.717, 1.165) is 45.5 Å². The summed E-state index contributed by atoms with van der Waals surface area (Å²) in [6.45, 7) is 12.7. The lowest BCUT2D eigenvalue weighted by Gasteiger charge is -2.19. The lowest BCUT2D eigenvalue weighted by atomic mass is 9.86. The molecule has 0 radical (unpaired) electrons. The van der Waals surface area contributed by atoms with E-state index in [4.69, 9.17) is 4.42 Å². The fourth-order valence-corrected chi connectivity index (χ4v) is 3.69. The third-order valence-corrected chi connectivity index (χ3v) is 5.51. The molecule has 164 valence electrons. The summed E-state index contributed by atoms with van der Waals surface area (Å²) in [4.78, 5) is 8.87. The predicted octanol–water partition coefficient (Wildman–Crippen LogP) is 6.29. The topological polar surface area (TPSA) is 63.3 Å². The Morgan fingerprint density at radius 1 is 0.906 bits per heavy atom. The predicted molar refractivity (Wildman–Crippen MR) is 130 cm³/mol. The van der Waals surface area contributed by atoms with Crippen molar-refractivity contribution in [1.82, 2.24) is 9.97 Å². The molecule has 0 saturated carbocycles. The van der Waals surface area contributed by atoms with E-state index < -0.39 is 0 Å². The molecule has 0 aliphatic carbocycles. The van der Waals surface area contributed by atoms with Crippen molar-refractivity contribution < 1.29 is 4.42 Å². The quantitative estimate of drug-likeness (QED) is 0.389. The molecule has 0 spiro atoms. The van der Waals surface area contributed by atoms with E-state index in [1.54, 1.807) is 0 Å². The molecule has 5 heteroatoms. The normalized spacial score (nSPS) is 12.4. The largest absolute Gasteiger partial charge is 0.456 e. The molecule has 0 aliphatic rings. The van der Waals surface area contributed by atoms with Crippen molar-refractivity contribution in [2.24, 2.45) is 5.10 Å². The number of aryl methyl sites for hydroxylation is 3. The Morgan fingerprint density at radius 2 is 1.59 bits per heavy atom. The SMILES string of the molecule is CCc1ccc2oc(-c3ccc(C(C)(C)C)cc3)c/c(=N/Nc3nc(C)cc(C)n3)c2c1. The molecular weight excluding hydrogens is 396 g/mol. The first kappa shape index (κ1) is 21.8. The Balaban J connectivity index is 1.84. The highest BCUT2D eigenvalue weighted by atomic mass is 16.3. The number of fused-ring (bicyclic) bond motifs is 1. The summed E-state index contributed by atoms with van der Waals surface area (Å²) in [7, 11) is 0. The third kappa shape index (κ3) is 4.72. The van der Waals surface area contributed by atoms with Crippen molar-refractivity contribution in [3.8, 4) is 11.3 Å². The summed E-state index contributed by atoms with van der Waals surface area (Å²) in [5.74, 6) is 1.25. The molecule has 0 amide bonds. The van der Waals surface area contributed by atoms with Crippen LogP contribution < -0.4 is 10.8 Å². The standard InChI is InChI=1S/C27H30N4O/c1-7-19-8-13-24-22(15-19)23(30-31-26-28-17(2)14-18(3)29-26)16-25(32-24)20-9-11-21(12-10-20)27(4,5)6/h8-16H,7H2,1-6H3,(H,28,29,31)/b30-23-. The van der Waals surface area contributed by atoms with Gasteiger partial charge in [0.1, 0.15) is 11.3 Å². The van der Waals surface area contributed by atoms with Crippen LogP contribution in [0.2, 0.25) is 0 Å². The van der Waals surface area contributed by atoms with Gasteiger partial charge in [0.05, 0.1) is 5.36 Å². The van der Waals surface area contributed by atoms with Crippen LogP contribution in [-0.4, -0.2) is 9.97 Å². The molecule has 0 bridgehead atoms. The van der Waals surface area contributed by atoms with Gasteiger partial charge >= 0.3 is 0 Å². The summed E-state index contributed by atoms with van der Waals surface area (Å²) >= 11 is 0. The zero-order chi connectivity index (χ0) is 22.9. The Kier molecular flexibility index (Phi) is 5.83. The van der Waals surface area contributed by atoms with Gasteiger partial charge in [-0.05, 0) is 55.0 Å². The van der Waals surface area contributed by atoms with Crippen LogP contribution in [0.5, 0.6) is 0 Å². The van der Waals surface area contributed by atoms with Crippen molar-refractivity contribution >= 4 is 16.9 Å². The number of nitrogens with one attached hydrogen (secondary N) is 1. The molecule has 0 aliphatic heterocycles. The summed E-state index contributed by atoms with van der Waals surface area (Å²) < 4.78 is 6.28. The van der Waals surface area contributed by atoms with Gasteiger partial charge in [-0.2, -0.15) is 5.10 Å². The molecular formula is C27H30N4O. The molecule has 2 heterocycles. The zero-order valence-electron chi connectivity index (χ0n) is 19.7. The average molecular weight is 427 g/mol. The van der Waals surface area contributed by atoms with E-state index in [9.17, 15) is 0 Å². The monoisotopic (exact) mass is 426 g/mol. The molecule has 0 unspecified atom stereocenters. The lowest BCUT2D eigenvalue weighted by Crippen LogP contribution is -2.11. The smallest absolute Gasteiger partial charge is 0.243 e. The van der Waals surface area contributed by atoms with Crippen LogP contribution in [0.4, 0.5) is 5.95 Å². The highest BCUT2D eigenvalue weighted by molar-refractivity contribution is 5.79. The van der Waals surface area contributed by atoms with Crippen molar-refractivity contribution in [2.45, 2.75) is 53.4 Å². The third-order valence-electron chi connectivity index (χ3n) is 5.51. The number of rotatable bonds is 4. The minimum absolute atomic E-state index is 0.103. The molecule has 0 saturated heterocycles. The second kappa shape index (κ2) is 8.58. The van der Waals surface area contributed by atoms with Gasteiger partial charge in [0.2, 0.25) is 5.95 Å². The second-order valence-electron chi connectivity index (χ2n) is 9.21. The van der Waals surface area contributed by atoms with Crippen molar-refractivity contribution in [3.63, 3.8) is 0 Å². The number of nitrogens with zero attached hydrogens (tertiary/aromatic N) is 3. The van der Waals surface area contributed by atoms with Gasteiger partial charge in [-0.3, -0.25) is 0 Å². The molecule has 2 aromatic carbocycles. The minimum Gasteiger partial charge on any atom is -0.456 e. The Bertz CT molecular complexity index is 1310. The summed E-state index contributed by atoms with van der Waals surface area (Å²) in [5, 5.41) is 6.42. The Morgan fingerprint density at radius 3 is 2.22 bits per heavy atom. The number of hydrogen-bond acceptors (Lipinski definition) is 5. The molecule has 2 aromatic heterocycles. The van der Waals surface area contributed by atoms with Crippen LogP contribution in [0.15, 0.2) is 64.1 Å². The fourth-order valence-electron chi connectivity index (χ4n) is 3.69. The summed E-state index contributed by atoms with van der Waals surface area (Å²) in [6, 6.07) is 18.7. The highest BCUT2D eigenvalue weighted by Crippen LogP contribution is 2.27. The van der Waals surface area contributed by atoms with Crippen LogP contribution >= 0.6 is 0 Å². The van der Waals surface area contributed by atoms with Crippen molar-refractivity contribution in [2.75, 3.05) is 5.43 Å². The maximum atomic E-state index is 6.28. The minimum atomic E-state index is 0.103. The van der Waals surface area contributed by atoms with E-state index in [2.05, 4.69) is 84.6 Å². The van der Waals surface area contributed by atoms with Gasteiger partial charge in [0.15, 0.2) is 0 Å². The van der Waals surface area contributed by atoms with Crippen molar-refractivity contribution in [3.05, 3.63) is 82.5 Å². The highest BCUT2D eigenvalue weighted by Gasteiger charge is 2.14. The molecule has 5 nitrogen and oxygen atoms in total. The Labute approximate surface area is 189 Å². The maximum absolute atomic E-state index is 6.28. The van der Waals surface area contributed by atoms with Crippen LogP contribution in [-0.2, 0) is 11.8 Å². The van der Waals surface area contributed by atoms with Crippen molar-refractivity contribution in [1.29, 1.82) is 0 Å². The lowest BCUT2D eigenvalue weighted by molar-refractivity contribution is 0.589. The van der Waals surface area contributed by atoms with Gasteiger partial charge in [-0.25, -0.2) is 15.4 Å². The molecule has 4 aromatic rings. The molecule has 32 heavy (non-hydrogen) atoms. The molecule has 4 rings (SSSR count). The van der Waals surface area contributed by atoms with E-state index in [1.165, 1.54) is 11.1 Å². The molecule has 0 atom stereocenters. The van der Waals surface area contributed by atoms with E-state index in [1.807, 2.05) is 32.0 Å². The number of hydrogen-bond donors (Lipinski definition) is 1. The van der Waals surface area contributed by atoms with Crippen LogP contribution in [0, 0.1) is 13.8 Å². The second-order valence-corrected chi connectivity index (χ2v) is 9.21. The zero-order valence-corrected chi connectivity index (χ0v) is 19.7. The van der Waals surface area contributed by atoms with Gasteiger partial charge in [0, 0.05) is 28.4 Å². The average Bonchev–Trinajstić information content (AvgIpc) is 2.75. The Hall–Kier alpha value is -3.47. The van der Waals surface area contributed by atoms with Gasteiger partial charge in [-0.1, -0.05) is 58.0 Å². The first-order valence-electron chi connectivity index (χ1n) is 11.0. The summed E-state index contributed by atoms with van der Waals surface area (Å²) in [6.07, 6.45) is 0.943. The van der Waals surface area contributed by atoms with E-state index in [0.29, 0.717) is 5.95 Å². The van der Waals surface area contributed by atoms with Crippen LogP contribution in [0.3, 0.4) is 0 Å². The molecule has 1 N–H and O–H groups in total. The number of benzene rings is 2. The first-order valence-corrected chi connectivity index (χ1v) is 11.0. The van der Waals surface area contributed by atoms with Gasteiger partial charge in [-0.15, -0.1) is 0 Å². The van der Waals surface area contributed by atoms with E-state index >= 15 is 0 Å². The summed E-state index contributed by atoms with van der Waals surface area (Å²) in [5.41, 5.74) is 9.26. The maximum Gasteiger partial charge on any atom is 0.243 e. The van der Waals surface area contributed by atoms with Crippen LogP contribution in [0.25, 0.3) is 22.3 Å². The van der Waals surface area contributed by atoms with Crippen LogP contribution in [0.1, 0.15) is 50.2 Å². The first-order chi connectivity index (χ1) is 15.2.